The molecular formula is C18H16ClN3O3. The number of rotatable bonds is 3. The van der Waals surface area contributed by atoms with Crippen LogP contribution < -0.4 is 4.90 Å². The largest absolute Gasteiger partial charge is 0.477 e. The number of hydrogen-bond donors (Lipinski definition) is 1. The van der Waals surface area contributed by atoms with Crippen LogP contribution in [0.1, 0.15) is 35.1 Å². The Balaban J connectivity index is 1.49. The van der Waals surface area contributed by atoms with Crippen LogP contribution >= 0.6 is 11.6 Å². The maximum atomic E-state index is 11.1. The molecule has 0 atom stereocenters. The van der Waals surface area contributed by atoms with Crippen LogP contribution in [-0.2, 0) is 0 Å². The van der Waals surface area contributed by atoms with Crippen molar-refractivity contribution in [3.05, 3.63) is 53.0 Å². The zero-order valence-electron chi connectivity index (χ0n) is 13.4. The summed E-state index contributed by atoms with van der Waals surface area (Å²) in [6.07, 6.45) is 1.75. The number of carboxylic acids is 1. The molecule has 128 valence electrons. The molecule has 1 aromatic carbocycles. The van der Waals surface area contributed by atoms with E-state index < -0.39 is 5.97 Å². The van der Waals surface area contributed by atoms with Crippen molar-refractivity contribution in [2.75, 3.05) is 18.0 Å². The number of fused-ring (bicyclic) bond motifs is 1. The Morgan fingerprint density at radius 3 is 2.76 bits per heavy atom. The minimum Gasteiger partial charge on any atom is -0.477 e. The minimum absolute atomic E-state index is 0.0652. The molecule has 0 unspecified atom stereocenters. The van der Waals surface area contributed by atoms with Crippen molar-refractivity contribution in [3.63, 3.8) is 0 Å². The topological polar surface area (TPSA) is 79.5 Å². The zero-order valence-corrected chi connectivity index (χ0v) is 14.1. The van der Waals surface area contributed by atoms with E-state index in [0.29, 0.717) is 10.8 Å². The summed E-state index contributed by atoms with van der Waals surface area (Å²) >= 11 is 6.00. The van der Waals surface area contributed by atoms with E-state index in [1.807, 2.05) is 12.1 Å². The van der Waals surface area contributed by atoms with E-state index in [1.54, 1.807) is 18.2 Å². The third-order valence-corrected chi connectivity index (χ3v) is 4.72. The highest BCUT2D eigenvalue weighted by atomic mass is 35.5. The number of halogens is 1. The first kappa shape index (κ1) is 15.9. The molecule has 1 aliphatic rings. The molecule has 1 fully saturated rings. The minimum atomic E-state index is -1.01. The molecule has 6 nitrogen and oxygen atoms in total. The number of aromatic nitrogens is 2. The van der Waals surface area contributed by atoms with E-state index in [2.05, 4.69) is 14.9 Å². The SMILES string of the molecule is O=C(O)c1cccc(N2CCC(c3nc4cc(Cl)ccc4o3)CC2)n1. The summed E-state index contributed by atoms with van der Waals surface area (Å²) in [5.74, 6) is 0.666. The van der Waals surface area contributed by atoms with E-state index in [1.165, 1.54) is 6.07 Å². The van der Waals surface area contributed by atoms with Gasteiger partial charge in [-0.2, -0.15) is 0 Å². The Hall–Kier alpha value is -2.60. The lowest BCUT2D eigenvalue weighted by Gasteiger charge is -2.31. The maximum Gasteiger partial charge on any atom is 0.354 e. The molecule has 0 amide bonds. The van der Waals surface area contributed by atoms with Gasteiger partial charge >= 0.3 is 5.97 Å². The number of carbonyl (C=O) groups is 1. The summed E-state index contributed by atoms with van der Waals surface area (Å²) in [4.78, 5) is 22.0. The maximum absolute atomic E-state index is 11.1. The summed E-state index contributed by atoms with van der Waals surface area (Å²) in [6.45, 7) is 1.56. The number of hydrogen-bond acceptors (Lipinski definition) is 5. The highest BCUT2D eigenvalue weighted by Gasteiger charge is 2.25. The number of anilines is 1. The normalized spacial score (nSPS) is 15.6. The van der Waals surface area contributed by atoms with Crippen LogP contribution in [0.15, 0.2) is 40.8 Å². The monoisotopic (exact) mass is 357 g/mol. The van der Waals surface area contributed by atoms with Crippen LogP contribution in [-0.4, -0.2) is 34.1 Å². The molecule has 0 saturated carbocycles. The third-order valence-electron chi connectivity index (χ3n) is 4.49. The summed E-state index contributed by atoms with van der Waals surface area (Å²) in [5, 5.41) is 9.72. The fourth-order valence-electron chi connectivity index (χ4n) is 3.17. The first-order valence-corrected chi connectivity index (χ1v) is 8.49. The third kappa shape index (κ3) is 3.17. The number of pyridine rings is 1. The van der Waals surface area contributed by atoms with Gasteiger partial charge in [-0.05, 0) is 43.2 Å². The summed E-state index contributed by atoms with van der Waals surface area (Å²) in [5.41, 5.74) is 1.59. The van der Waals surface area contributed by atoms with Gasteiger partial charge in [-0.15, -0.1) is 0 Å². The van der Waals surface area contributed by atoms with Gasteiger partial charge in [-0.3, -0.25) is 0 Å². The molecule has 3 aromatic rings. The molecular weight excluding hydrogens is 342 g/mol. The van der Waals surface area contributed by atoms with Gasteiger partial charge in [0, 0.05) is 24.0 Å². The van der Waals surface area contributed by atoms with Crippen molar-refractivity contribution >= 4 is 34.5 Å². The van der Waals surface area contributed by atoms with E-state index in [0.717, 1.165) is 42.9 Å². The molecule has 7 heteroatoms. The van der Waals surface area contributed by atoms with Crippen molar-refractivity contribution in [1.82, 2.24) is 9.97 Å². The molecule has 3 heterocycles. The molecule has 1 N–H and O–H groups in total. The van der Waals surface area contributed by atoms with Gasteiger partial charge in [0.25, 0.3) is 0 Å². The van der Waals surface area contributed by atoms with E-state index in [-0.39, 0.29) is 11.6 Å². The highest BCUT2D eigenvalue weighted by molar-refractivity contribution is 6.31. The van der Waals surface area contributed by atoms with Crippen LogP contribution in [0.5, 0.6) is 0 Å². The number of piperidine rings is 1. The molecule has 1 aliphatic heterocycles. The van der Waals surface area contributed by atoms with Gasteiger partial charge in [0.2, 0.25) is 0 Å². The van der Waals surface area contributed by atoms with Crippen molar-refractivity contribution < 1.29 is 14.3 Å². The van der Waals surface area contributed by atoms with Gasteiger partial charge in [-0.1, -0.05) is 17.7 Å². The van der Waals surface area contributed by atoms with Crippen LogP contribution in [0.3, 0.4) is 0 Å². The molecule has 0 aliphatic carbocycles. The quantitative estimate of drug-likeness (QED) is 0.764. The summed E-state index contributed by atoms with van der Waals surface area (Å²) in [7, 11) is 0. The molecule has 0 spiro atoms. The number of carboxylic acid groups (broad SMARTS) is 1. The number of aromatic carboxylic acids is 1. The van der Waals surface area contributed by atoms with Crippen LogP contribution in [0.25, 0.3) is 11.1 Å². The molecule has 4 rings (SSSR count). The van der Waals surface area contributed by atoms with E-state index in [4.69, 9.17) is 21.1 Å². The molecule has 2 aromatic heterocycles. The average molecular weight is 358 g/mol. The smallest absolute Gasteiger partial charge is 0.354 e. The van der Waals surface area contributed by atoms with Crippen molar-refractivity contribution in [1.29, 1.82) is 0 Å². The van der Waals surface area contributed by atoms with E-state index in [9.17, 15) is 4.79 Å². The second-order valence-corrected chi connectivity index (χ2v) is 6.55. The van der Waals surface area contributed by atoms with Gasteiger partial charge in [-0.25, -0.2) is 14.8 Å². The zero-order chi connectivity index (χ0) is 17.4. The Morgan fingerprint density at radius 1 is 1.20 bits per heavy atom. The Morgan fingerprint density at radius 2 is 2.00 bits per heavy atom. The number of nitrogens with zero attached hydrogens (tertiary/aromatic N) is 3. The highest BCUT2D eigenvalue weighted by Crippen LogP contribution is 2.32. The van der Waals surface area contributed by atoms with Crippen LogP contribution in [0.4, 0.5) is 5.82 Å². The van der Waals surface area contributed by atoms with Crippen molar-refractivity contribution in [2.45, 2.75) is 18.8 Å². The second-order valence-electron chi connectivity index (χ2n) is 6.11. The summed E-state index contributed by atoms with van der Waals surface area (Å²) < 4.78 is 5.87. The fourth-order valence-corrected chi connectivity index (χ4v) is 3.33. The van der Waals surface area contributed by atoms with Gasteiger partial charge in [0.1, 0.15) is 11.3 Å². The molecule has 25 heavy (non-hydrogen) atoms. The molecule has 1 saturated heterocycles. The average Bonchev–Trinajstić information content (AvgIpc) is 3.05. The van der Waals surface area contributed by atoms with Gasteiger partial charge < -0.3 is 14.4 Å². The van der Waals surface area contributed by atoms with Gasteiger partial charge in [0.15, 0.2) is 17.2 Å². The van der Waals surface area contributed by atoms with Crippen LogP contribution in [0.2, 0.25) is 5.02 Å². The fraction of sp³-hybridized carbons (Fsp3) is 0.278. The van der Waals surface area contributed by atoms with Crippen LogP contribution in [0, 0.1) is 0 Å². The lowest BCUT2D eigenvalue weighted by Crippen LogP contribution is -2.33. The van der Waals surface area contributed by atoms with Gasteiger partial charge in [0.05, 0.1) is 0 Å². The Kier molecular flexibility index (Phi) is 4.05. The number of benzene rings is 1. The lowest BCUT2D eigenvalue weighted by atomic mass is 9.97. The van der Waals surface area contributed by atoms with Crippen molar-refractivity contribution in [2.24, 2.45) is 0 Å². The predicted octanol–water partition coefficient (Wildman–Crippen LogP) is 3.96. The molecule has 0 bridgehead atoms. The standard InChI is InChI=1S/C18H16ClN3O3/c19-12-4-5-15-14(10-12)21-17(25-15)11-6-8-22(9-7-11)16-3-1-2-13(20-16)18(23)24/h1-5,10-11H,6-9H2,(H,23,24). The first-order valence-electron chi connectivity index (χ1n) is 8.11. The second kappa shape index (κ2) is 6.37. The van der Waals surface area contributed by atoms with Crippen molar-refractivity contribution in [3.8, 4) is 0 Å². The van der Waals surface area contributed by atoms with E-state index >= 15 is 0 Å². The number of oxazole rings is 1. The predicted molar refractivity (Wildman–Crippen MR) is 94.4 cm³/mol. The summed E-state index contributed by atoms with van der Waals surface area (Å²) in [6, 6.07) is 10.5. The Labute approximate surface area is 149 Å². The lowest BCUT2D eigenvalue weighted by molar-refractivity contribution is 0.0690. The first-order chi connectivity index (χ1) is 12.1. The Bertz CT molecular complexity index is 932. The molecule has 0 radical (unpaired) electrons.